The Morgan fingerprint density at radius 2 is 2.00 bits per heavy atom. The molecule has 0 spiro atoms. The van der Waals surface area contributed by atoms with Crippen LogP contribution in [0.4, 0.5) is 0 Å². The minimum absolute atomic E-state index is 0. The van der Waals surface area contributed by atoms with Crippen LogP contribution in [0.3, 0.4) is 0 Å². The molecule has 0 bridgehead atoms. The van der Waals surface area contributed by atoms with Crippen LogP contribution < -0.4 is 4.74 Å². The van der Waals surface area contributed by atoms with Crippen LogP contribution in [0.5, 0.6) is 5.75 Å². The van der Waals surface area contributed by atoms with Gasteiger partial charge in [-0.25, -0.2) is 8.42 Å². The van der Waals surface area contributed by atoms with Gasteiger partial charge in [-0.3, -0.25) is 4.90 Å². The van der Waals surface area contributed by atoms with Crippen molar-refractivity contribution in [1.82, 2.24) is 9.88 Å². The molecular formula is C19H25ClN2O3S. The molecule has 0 fully saturated rings. The lowest BCUT2D eigenvalue weighted by Crippen LogP contribution is -2.26. The molecule has 2 aromatic rings. The third kappa shape index (κ3) is 4.50. The van der Waals surface area contributed by atoms with E-state index in [0.717, 1.165) is 43.0 Å². The monoisotopic (exact) mass is 396 g/mol. The van der Waals surface area contributed by atoms with Crippen LogP contribution in [-0.4, -0.2) is 44.3 Å². The molecular weight excluding hydrogens is 372 g/mol. The highest BCUT2D eigenvalue weighted by Crippen LogP contribution is 2.32. The van der Waals surface area contributed by atoms with E-state index in [4.69, 9.17) is 4.74 Å². The van der Waals surface area contributed by atoms with Crippen molar-refractivity contribution in [2.24, 2.45) is 0 Å². The van der Waals surface area contributed by atoms with Gasteiger partial charge in [0.15, 0.2) is 9.84 Å². The molecule has 142 valence electrons. The third-order valence-electron chi connectivity index (χ3n) is 4.48. The first-order chi connectivity index (χ1) is 12.0. The standard InChI is InChI=1S/C19H24N2O3S.ClH/c1-3-25(22,23)16-8-10-19(24-2)17(13-16)18-9-7-15(20-18)14-21-11-5-4-6-12-21;/h4-5,7-10,13,20H,3,6,11-12,14H2,1-2H3;1H. The highest BCUT2D eigenvalue weighted by atomic mass is 35.5. The quantitative estimate of drug-likeness (QED) is 0.757. The van der Waals surface area contributed by atoms with Crippen LogP contribution >= 0.6 is 12.4 Å². The van der Waals surface area contributed by atoms with E-state index < -0.39 is 9.84 Å². The van der Waals surface area contributed by atoms with E-state index in [0.29, 0.717) is 10.6 Å². The van der Waals surface area contributed by atoms with Crippen LogP contribution in [-0.2, 0) is 16.4 Å². The summed E-state index contributed by atoms with van der Waals surface area (Å²) in [7, 11) is -1.66. The Balaban J connectivity index is 0.00000243. The minimum Gasteiger partial charge on any atom is -0.496 e. The number of benzene rings is 1. The van der Waals surface area contributed by atoms with Crippen molar-refractivity contribution >= 4 is 22.2 Å². The first-order valence-electron chi connectivity index (χ1n) is 8.50. The van der Waals surface area contributed by atoms with E-state index in [9.17, 15) is 8.42 Å². The summed E-state index contributed by atoms with van der Waals surface area (Å²) in [4.78, 5) is 6.10. The van der Waals surface area contributed by atoms with Gasteiger partial charge in [0, 0.05) is 36.6 Å². The molecule has 0 unspecified atom stereocenters. The fourth-order valence-electron chi connectivity index (χ4n) is 3.02. The Kier molecular flexibility index (Phi) is 6.92. The predicted octanol–water partition coefficient (Wildman–Crippen LogP) is 3.67. The maximum atomic E-state index is 12.2. The number of nitrogens with one attached hydrogen (secondary N) is 1. The van der Waals surface area contributed by atoms with E-state index in [1.165, 1.54) is 0 Å². The Morgan fingerprint density at radius 1 is 1.19 bits per heavy atom. The normalized spacial score (nSPS) is 14.8. The van der Waals surface area contributed by atoms with Crippen molar-refractivity contribution in [2.45, 2.75) is 24.8 Å². The predicted molar refractivity (Wildman–Crippen MR) is 107 cm³/mol. The zero-order valence-corrected chi connectivity index (χ0v) is 16.7. The van der Waals surface area contributed by atoms with Crippen molar-refractivity contribution in [3.63, 3.8) is 0 Å². The summed E-state index contributed by atoms with van der Waals surface area (Å²) in [6, 6.07) is 9.04. The number of rotatable bonds is 6. The van der Waals surface area contributed by atoms with E-state index in [2.05, 4.69) is 22.0 Å². The molecule has 0 aliphatic carbocycles. The summed E-state index contributed by atoms with van der Waals surface area (Å²) < 4.78 is 29.8. The van der Waals surface area contributed by atoms with Gasteiger partial charge in [0.2, 0.25) is 0 Å². The van der Waals surface area contributed by atoms with Crippen molar-refractivity contribution in [2.75, 3.05) is 26.0 Å². The molecule has 1 aliphatic heterocycles. The fraction of sp³-hybridized carbons (Fsp3) is 0.368. The number of halogens is 1. The number of nitrogens with zero attached hydrogens (tertiary/aromatic N) is 1. The highest BCUT2D eigenvalue weighted by Gasteiger charge is 2.17. The minimum atomic E-state index is -3.25. The van der Waals surface area contributed by atoms with Gasteiger partial charge in [-0.15, -0.1) is 12.4 Å². The lowest BCUT2D eigenvalue weighted by Gasteiger charge is -2.22. The first kappa shape index (κ1) is 20.6. The summed E-state index contributed by atoms with van der Waals surface area (Å²) in [6.07, 6.45) is 5.48. The second-order valence-corrected chi connectivity index (χ2v) is 8.44. The fourth-order valence-corrected chi connectivity index (χ4v) is 3.93. The number of hydrogen-bond acceptors (Lipinski definition) is 4. The van der Waals surface area contributed by atoms with E-state index in [1.54, 1.807) is 32.2 Å². The molecule has 1 aliphatic rings. The third-order valence-corrected chi connectivity index (χ3v) is 6.22. The molecule has 5 nitrogen and oxygen atoms in total. The second-order valence-electron chi connectivity index (χ2n) is 6.16. The summed E-state index contributed by atoms with van der Waals surface area (Å²) in [5.74, 6) is 0.737. The SMILES string of the molecule is CCS(=O)(=O)c1ccc(OC)c(-c2ccc(CN3CC=CCC3)[nH]2)c1.Cl. The average molecular weight is 397 g/mol. The van der Waals surface area contributed by atoms with Gasteiger partial charge in [0.1, 0.15) is 5.75 Å². The van der Waals surface area contributed by atoms with Gasteiger partial charge in [0.25, 0.3) is 0 Å². The van der Waals surface area contributed by atoms with Gasteiger partial charge in [0.05, 0.1) is 17.8 Å². The lowest BCUT2D eigenvalue weighted by molar-refractivity contribution is 0.288. The van der Waals surface area contributed by atoms with Crippen molar-refractivity contribution in [3.8, 4) is 17.0 Å². The van der Waals surface area contributed by atoms with Gasteiger partial charge in [-0.05, 0) is 36.8 Å². The lowest BCUT2D eigenvalue weighted by atomic mass is 10.1. The molecule has 0 atom stereocenters. The molecule has 0 amide bonds. The van der Waals surface area contributed by atoms with Gasteiger partial charge in [-0.1, -0.05) is 19.1 Å². The number of aromatic nitrogens is 1. The zero-order valence-electron chi connectivity index (χ0n) is 15.1. The largest absolute Gasteiger partial charge is 0.496 e. The number of methoxy groups -OCH3 is 1. The molecule has 0 saturated heterocycles. The number of aromatic amines is 1. The van der Waals surface area contributed by atoms with E-state index in [1.807, 2.05) is 12.1 Å². The topological polar surface area (TPSA) is 62.4 Å². The summed E-state index contributed by atoms with van der Waals surface area (Å²) in [5, 5.41) is 0. The maximum Gasteiger partial charge on any atom is 0.178 e. The number of sulfone groups is 1. The summed E-state index contributed by atoms with van der Waals surface area (Å²) in [6.45, 7) is 4.51. The zero-order chi connectivity index (χ0) is 17.9. The van der Waals surface area contributed by atoms with Crippen molar-refractivity contribution < 1.29 is 13.2 Å². The molecule has 0 saturated carbocycles. The summed E-state index contributed by atoms with van der Waals surface area (Å²) in [5.41, 5.74) is 2.74. The van der Waals surface area contributed by atoms with Crippen molar-refractivity contribution in [3.05, 3.63) is 48.2 Å². The molecule has 26 heavy (non-hydrogen) atoms. The second kappa shape index (κ2) is 8.75. The smallest absolute Gasteiger partial charge is 0.178 e. The maximum absolute atomic E-state index is 12.2. The van der Waals surface area contributed by atoms with Gasteiger partial charge in [-0.2, -0.15) is 0 Å². The van der Waals surface area contributed by atoms with Gasteiger partial charge < -0.3 is 9.72 Å². The van der Waals surface area contributed by atoms with E-state index >= 15 is 0 Å². The Labute approximate surface area is 161 Å². The van der Waals surface area contributed by atoms with Crippen LogP contribution in [0.15, 0.2) is 47.4 Å². The highest BCUT2D eigenvalue weighted by molar-refractivity contribution is 7.91. The number of hydrogen-bond donors (Lipinski definition) is 1. The molecule has 2 heterocycles. The molecule has 3 rings (SSSR count). The number of H-pyrrole nitrogens is 1. The summed E-state index contributed by atoms with van der Waals surface area (Å²) >= 11 is 0. The Hall–Kier alpha value is -1.76. The van der Waals surface area contributed by atoms with Crippen molar-refractivity contribution in [1.29, 1.82) is 0 Å². The number of ether oxygens (including phenoxy) is 1. The van der Waals surface area contributed by atoms with Gasteiger partial charge >= 0.3 is 0 Å². The Morgan fingerprint density at radius 3 is 2.65 bits per heavy atom. The van der Waals surface area contributed by atoms with Crippen LogP contribution in [0, 0.1) is 0 Å². The Bertz CT molecular complexity index is 875. The molecule has 0 radical (unpaired) electrons. The molecule has 1 aromatic heterocycles. The molecule has 1 aromatic carbocycles. The van der Waals surface area contributed by atoms with Crippen LogP contribution in [0.2, 0.25) is 0 Å². The molecule has 1 N–H and O–H groups in total. The molecule has 7 heteroatoms. The van der Waals surface area contributed by atoms with Crippen LogP contribution in [0.1, 0.15) is 19.0 Å². The van der Waals surface area contributed by atoms with E-state index in [-0.39, 0.29) is 18.2 Å². The average Bonchev–Trinajstić information content (AvgIpc) is 3.10. The van der Waals surface area contributed by atoms with Crippen LogP contribution in [0.25, 0.3) is 11.3 Å². The first-order valence-corrected chi connectivity index (χ1v) is 10.1.